The quantitative estimate of drug-likeness (QED) is 0.482. The maximum Gasteiger partial charge on any atom is 0.269 e. The molecule has 2 aromatic carbocycles. The summed E-state index contributed by atoms with van der Waals surface area (Å²) in [4.78, 5) is 25.4. The first kappa shape index (κ1) is 23.6. The van der Waals surface area contributed by atoms with E-state index in [1.165, 1.54) is 0 Å². The van der Waals surface area contributed by atoms with Gasteiger partial charge in [-0.2, -0.15) is 5.10 Å². The predicted molar refractivity (Wildman–Crippen MR) is 123 cm³/mol. The molecular formula is C24H28N4O5. The molecular weight excluding hydrogens is 424 g/mol. The van der Waals surface area contributed by atoms with Crippen LogP contribution in [0, 0.1) is 6.92 Å². The number of ether oxygens (including phenoxy) is 3. The Hall–Kier alpha value is -4.01. The number of hydrogen-bond donors (Lipinski definition) is 2. The number of carbonyl (C=O) groups excluding carboxylic acids is 2. The molecule has 2 N–H and O–H groups in total. The van der Waals surface area contributed by atoms with Gasteiger partial charge in [-0.1, -0.05) is 6.07 Å². The fraction of sp³-hybridized carbons (Fsp3) is 0.292. The zero-order valence-corrected chi connectivity index (χ0v) is 19.2. The number of aromatic nitrogens is 2. The number of amides is 2. The lowest BCUT2D eigenvalue weighted by atomic mass is 10.1. The van der Waals surface area contributed by atoms with Crippen molar-refractivity contribution in [1.82, 2.24) is 20.6 Å². The van der Waals surface area contributed by atoms with Crippen molar-refractivity contribution >= 4 is 11.8 Å². The topological polar surface area (TPSA) is 104 Å². The van der Waals surface area contributed by atoms with Crippen molar-refractivity contribution in [3.8, 4) is 22.9 Å². The van der Waals surface area contributed by atoms with Gasteiger partial charge in [0.05, 0.1) is 31.2 Å². The second-order valence-electron chi connectivity index (χ2n) is 6.96. The van der Waals surface area contributed by atoms with E-state index in [9.17, 15) is 9.59 Å². The molecule has 9 heteroatoms. The second kappa shape index (κ2) is 11.0. The van der Waals surface area contributed by atoms with Crippen molar-refractivity contribution < 1.29 is 23.8 Å². The molecule has 3 aromatic rings. The summed E-state index contributed by atoms with van der Waals surface area (Å²) in [6, 6.07) is 11.9. The highest BCUT2D eigenvalue weighted by atomic mass is 16.5. The summed E-state index contributed by atoms with van der Waals surface area (Å²) < 4.78 is 18.6. The van der Waals surface area contributed by atoms with Gasteiger partial charge >= 0.3 is 0 Å². The van der Waals surface area contributed by atoms with E-state index in [-0.39, 0.29) is 5.56 Å². The van der Waals surface area contributed by atoms with Gasteiger partial charge in [0.1, 0.15) is 0 Å². The minimum absolute atomic E-state index is 0.256. The van der Waals surface area contributed by atoms with Crippen molar-refractivity contribution in [3.63, 3.8) is 0 Å². The predicted octanol–water partition coefficient (Wildman–Crippen LogP) is 3.45. The van der Waals surface area contributed by atoms with Crippen LogP contribution in [0.25, 0.3) is 5.69 Å². The van der Waals surface area contributed by atoms with Crippen LogP contribution in [0.4, 0.5) is 0 Å². The minimum atomic E-state index is -0.521. The molecule has 9 nitrogen and oxygen atoms in total. The average Bonchev–Trinajstić information content (AvgIpc) is 3.26. The molecule has 0 fully saturated rings. The highest BCUT2D eigenvalue weighted by Gasteiger charge is 2.19. The van der Waals surface area contributed by atoms with Crippen molar-refractivity contribution in [2.75, 3.05) is 19.8 Å². The second-order valence-corrected chi connectivity index (χ2v) is 6.96. The molecule has 0 atom stereocenters. The third-order valence-electron chi connectivity index (χ3n) is 4.56. The maximum atomic E-state index is 12.8. The lowest BCUT2D eigenvalue weighted by Gasteiger charge is -2.17. The van der Waals surface area contributed by atoms with Crippen LogP contribution < -0.4 is 25.1 Å². The first-order valence-electron chi connectivity index (χ1n) is 10.8. The molecule has 0 bridgehead atoms. The van der Waals surface area contributed by atoms with Gasteiger partial charge < -0.3 is 14.2 Å². The molecule has 2 amide bonds. The van der Waals surface area contributed by atoms with E-state index < -0.39 is 11.8 Å². The first-order valence-corrected chi connectivity index (χ1v) is 10.8. The Bertz CT molecular complexity index is 1100. The van der Waals surface area contributed by atoms with Gasteiger partial charge in [-0.3, -0.25) is 20.4 Å². The zero-order valence-electron chi connectivity index (χ0n) is 19.2. The van der Waals surface area contributed by atoms with Crippen LogP contribution in [-0.2, 0) is 0 Å². The van der Waals surface area contributed by atoms with E-state index in [0.29, 0.717) is 42.6 Å². The SMILES string of the molecule is CCOc1cc(C(=O)NNC(=O)c2cccc(-n3ccc(C)n3)c2)cc(OCC)c1OCC. The molecule has 174 valence electrons. The summed E-state index contributed by atoms with van der Waals surface area (Å²) in [6.45, 7) is 8.60. The molecule has 0 radical (unpaired) electrons. The van der Waals surface area contributed by atoms with E-state index in [2.05, 4.69) is 16.0 Å². The van der Waals surface area contributed by atoms with E-state index in [1.807, 2.05) is 46.0 Å². The normalized spacial score (nSPS) is 10.4. The Morgan fingerprint density at radius 1 is 0.848 bits per heavy atom. The first-order chi connectivity index (χ1) is 16.0. The monoisotopic (exact) mass is 452 g/mol. The average molecular weight is 453 g/mol. The van der Waals surface area contributed by atoms with Gasteiger partial charge in [0.15, 0.2) is 11.5 Å². The van der Waals surface area contributed by atoms with Crippen molar-refractivity contribution in [2.45, 2.75) is 27.7 Å². The van der Waals surface area contributed by atoms with E-state index in [4.69, 9.17) is 14.2 Å². The molecule has 0 unspecified atom stereocenters. The van der Waals surface area contributed by atoms with Gasteiger partial charge in [0.2, 0.25) is 5.75 Å². The molecule has 0 saturated carbocycles. The van der Waals surface area contributed by atoms with Gasteiger partial charge in [0, 0.05) is 17.3 Å². The summed E-state index contributed by atoms with van der Waals surface area (Å²) >= 11 is 0. The summed E-state index contributed by atoms with van der Waals surface area (Å²) in [5.74, 6) is 0.239. The molecule has 0 aliphatic rings. The number of aryl methyl sites for hydroxylation is 1. The van der Waals surface area contributed by atoms with Gasteiger partial charge in [-0.25, -0.2) is 4.68 Å². The maximum absolute atomic E-state index is 12.8. The van der Waals surface area contributed by atoms with Crippen LogP contribution in [0.5, 0.6) is 17.2 Å². The molecule has 1 heterocycles. The smallest absolute Gasteiger partial charge is 0.269 e. The Morgan fingerprint density at radius 2 is 1.45 bits per heavy atom. The van der Waals surface area contributed by atoms with E-state index >= 15 is 0 Å². The summed E-state index contributed by atoms with van der Waals surface area (Å²) in [5, 5.41) is 4.34. The molecule has 0 saturated heterocycles. The minimum Gasteiger partial charge on any atom is -0.490 e. The molecule has 0 aliphatic heterocycles. The van der Waals surface area contributed by atoms with E-state index in [1.54, 1.807) is 35.0 Å². The highest BCUT2D eigenvalue weighted by molar-refractivity contribution is 6.00. The van der Waals surface area contributed by atoms with Gasteiger partial charge in [-0.05, 0) is 64.1 Å². The van der Waals surface area contributed by atoms with Gasteiger partial charge in [-0.15, -0.1) is 0 Å². The van der Waals surface area contributed by atoms with Crippen molar-refractivity contribution in [1.29, 1.82) is 0 Å². The summed E-state index contributed by atoms with van der Waals surface area (Å²) in [7, 11) is 0. The van der Waals surface area contributed by atoms with Crippen LogP contribution >= 0.6 is 0 Å². The Balaban J connectivity index is 1.75. The van der Waals surface area contributed by atoms with E-state index in [0.717, 1.165) is 11.4 Å². The van der Waals surface area contributed by atoms with Crippen molar-refractivity contribution in [3.05, 3.63) is 65.5 Å². The number of nitrogens with zero attached hydrogens (tertiary/aromatic N) is 2. The highest BCUT2D eigenvalue weighted by Crippen LogP contribution is 2.39. The fourth-order valence-electron chi connectivity index (χ4n) is 3.13. The third-order valence-corrected chi connectivity index (χ3v) is 4.56. The van der Waals surface area contributed by atoms with Crippen LogP contribution in [-0.4, -0.2) is 41.4 Å². The molecule has 0 aliphatic carbocycles. The van der Waals surface area contributed by atoms with Crippen LogP contribution in [0.2, 0.25) is 0 Å². The summed E-state index contributed by atoms with van der Waals surface area (Å²) in [5.41, 5.74) is 7.11. The lowest BCUT2D eigenvalue weighted by Crippen LogP contribution is -2.41. The number of hydrazine groups is 1. The van der Waals surface area contributed by atoms with Gasteiger partial charge in [0.25, 0.3) is 11.8 Å². The number of hydrogen-bond acceptors (Lipinski definition) is 6. The Labute approximate surface area is 192 Å². The molecule has 1 aromatic heterocycles. The third kappa shape index (κ3) is 5.82. The van der Waals surface area contributed by atoms with Crippen molar-refractivity contribution in [2.24, 2.45) is 0 Å². The standard InChI is InChI=1S/C24H28N4O5/c1-5-31-20-14-18(15-21(32-6-2)22(20)33-7-3)24(30)26-25-23(29)17-9-8-10-19(13-17)28-12-11-16(4)27-28/h8-15H,5-7H2,1-4H3,(H,25,29)(H,26,30). The number of benzene rings is 2. The van der Waals surface area contributed by atoms with Crippen LogP contribution in [0.15, 0.2) is 48.7 Å². The molecule has 0 spiro atoms. The van der Waals surface area contributed by atoms with Crippen LogP contribution in [0.3, 0.4) is 0 Å². The number of nitrogens with one attached hydrogen (secondary N) is 2. The Morgan fingerprint density at radius 3 is 2.00 bits per heavy atom. The Kier molecular flexibility index (Phi) is 7.91. The zero-order chi connectivity index (χ0) is 23.8. The molecule has 3 rings (SSSR count). The number of carbonyl (C=O) groups is 2. The number of rotatable bonds is 9. The fourth-order valence-corrected chi connectivity index (χ4v) is 3.13. The largest absolute Gasteiger partial charge is 0.490 e. The molecule has 33 heavy (non-hydrogen) atoms. The van der Waals surface area contributed by atoms with Crippen LogP contribution in [0.1, 0.15) is 47.2 Å². The lowest BCUT2D eigenvalue weighted by molar-refractivity contribution is 0.0846. The summed E-state index contributed by atoms with van der Waals surface area (Å²) in [6.07, 6.45) is 1.81.